The van der Waals surface area contributed by atoms with E-state index in [2.05, 4.69) is 30.3 Å². The Morgan fingerprint density at radius 2 is 1.69 bits per heavy atom. The van der Waals surface area contributed by atoms with Crippen molar-refractivity contribution >= 4 is 0 Å². The summed E-state index contributed by atoms with van der Waals surface area (Å²) in [6.45, 7) is 0. The van der Waals surface area contributed by atoms with Crippen LogP contribution in [0.25, 0.3) is 0 Å². The van der Waals surface area contributed by atoms with Crippen molar-refractivity contribution in [3.05, 3.63) is 35.9 Å². The molecular formula is C14H21NO. The molecule has 0 heterocycles. The zero-order chi connectivity index (χ0) is 11.6. The van der Waals surface area contributed by atoms with Gasteiger partial charge in [0.05, 0.1) is 0 Å². The maximum absolute atomic E-state index is 10.3. The third-order valence-electron chi connectivity index (χ3n) is 3.89. The van der Waals surface area contributed by atoms with Gasteiger partial charge in [0, 0.05) is 0 Å². The number of aliphatic hydroxyl groups is 1. The summed E-state index contributed by atoms with van der Waals surface area (Å²) in [7, 11) is 3.92. The van der Waals surface area contributed by atoms with Crippen LogP contribution in [0.15, 0.2) is 30.3 Å². The molecule has 16 heavy (non-hydrogen) atoms. The Kier molecular flexibility index (Phi) is 3.31. The normalized spacial score (nSPS) is 30.6. The molecule has 0 radical (unpaired) electrons. The Morgan fingerprint density at radius 3 is 2.19 bits per heavy atom. The van der Waals surface area contributed by atoms with Crippen LogP contribution in [0.4, 0.5) is 0 Å². The lowest BCUT2D eigenvalue weighted by Crippen LogP contribution is -2.46. The van der Waals surface area contributed by atoms with Gasteiger partial charge in [-0.25, -0.2) is 0 Å². The molecule has 0 bridgehead atoms. The van der Waals surface area contributed by atoms with Gasteiger partial charge in [0.2, 0.25) is 0 Å². The predicted molar refractivity (Wildman–Crippen MR) is 66.3 cm³/mol. The van der Waals surface area contributed by atoms with Crippen molar-refractivity contribution in [2.24, 2.45) is 0 Å². The van der Waals surface area contributed by atoms with Gasteiger partial charge in [0.1, 0.15) is 5.72 Å². The average Bonchev–Trinajstić information content (AvgIpc) is 2.31. The van der Waals surface area contributed by atoms with Crippen LogP contribution in [0.5, 0.6) is 0 Å². The highest BCUT2D eigenvalue weighted by Crippen LogP contribution is 2.38. The molecule has 0 saturated heterocycles. The lowest BCUT2D eigenvalue weighted by molar-refractivity contribution is -0.110. The minimum Gasteiger partial charge on any atom is -0.376 e. The van der Waals surface area contributed by atoms with E-state index in [4.69, 9.17) is 0 Å². The smallest absolute Gasteiger partial charge is 0.118 e. The lowest BCUT2D eigenvalue weighted by Gasteiger charge is -2.40. The molecule has 0 aliphatic heterocycles. The Bertz CT molecular complexity index is 326. The zero-order valence-corrected chi connectivity index (χ0v) is 10.2. The molecule has 0 spiro atoms. The summed E-state index contributed by atoms with van der Waals surface area (Å²) in [4.78, 5) is 1.95. The standard InChI is InChI=1S/C14H21NO/c1-15(2)14(16)10-8-13(9-11-14)12-6-4-3-5-7-12/h3-7,13,16H,8-11H2,1-2H3. The van der Waals surface area contributed by atoms with E-state index < -0.39 is 5.72 Å². The lowest BCUT2D eigenvalue weighted by atomic mass is 9.79. The second kappa shape index (κ2) is 4.56. The molecule has 1 fully saturated rings. The summed E-state index contributed by atoms with van der Waals surface area (Å²) >= 11 is 0. The molecule has 1 saturated carbocycles. The molecule has 2 rings (SSSR count). The van der Waals surface area contributed by atoms with E-state index in [1.54, 1.807) is 0 Å². The maximum Gasteiger partial charge on any atom is 0.118 e. The predicted octanol–water partition coefficient (Wildman–Crippen LogP) is 2.59. The average molecular weight is 219 g/mol. The Labute approximate surface area is 97.9 Å². The second-order valence-electron chi connectivity index (χ2n) is 5.06. The molecule has 1 aromatic rings. The van der Waals surface area contributed by atoms with Crippen LogP contribution in [0.1, 0.15) is 37.2 Å². The highest BCUT2D eigenvalue weighted by atomic mass is 16.3. The van der Waals surface area contributed by atoms with Gasteiger partial charge in [-0.15, -0.1) is 0 Å². The fraction of sp³-hybridized carbons (Fsp3) is 0.571. The van der Waals surface area contributed by atoms with Gasteiger partial charge in [0.25, 0.3) is 0 Å². The largest absolute Gasteiger partial charge is 0.376 e. The second-order valence-corrected chi connectivity index (χ2v) is 5.06. The zero-order valence-electron chi connectivity index (χ0n) is 10.2. The first kappa shape index (κ1) is 11.6. The van der Waals surface area contributed by atoms with E-state index in [0.29, 0.717) is 5.92 Å². The SMILES string of the molecule is CN(C)C1(O)CCC(c2ccccc2)CC1. The third kappa shape index (κ3) is 2.28. The molecule has 0 amide bonds. The van der Waals surface area contributed by atoms with Crippen LogP contribution in [-0.2, 0) is 0 Å². The fourth-order valence-corrected chi connectivity index (χ4v) is 2.59. The van der Waals surface area contributed by atoms with Gasteiger partial charge < -0.3 is 5.11 Å². The van der Waals surface area contributed by atoms with Gasteiger partial charge in [-0.05, 0) is 51.3 Å². The molecule has 1 aliphatic carbocycles. The van der Waals surface area contributed by atoms with Crippen LogP contribution in [0.2, 0.25) is 0 Å². The first-order valence-corrected chi connectivity index (χ1v) is 6.06. The molecule has 1 N–H and O–H groups in total. The molecule has 2 heteroatoms. The number of hydrogen-bond acceptors (Lipinski definition) is 2. The van der Waals surface area contributed by atoms with Crippen LogP contribution in [0, 0.1) is 0 Å². The summed E-state index contributed by atoms with van der Waals surface area (Å²) in [5.74, 6) is 0.626. The van der Waals surface area contributed by atoms with Crippen molar-refractivity contribution in [1.29, 1.82) is 0 Å². The molecule has 2 nitrogen and oxygen atoms in total. The Hall–Kier alpha value is -0.860. The summed E-state index contributed by atoms with van der Waals surface area (Å²) in [5.41, 5.74) is 0.842. The molecule has 0 atom stereocenters. The fourth-order valence-electron chi connectivity index (χ4n) is 2.59. The Morgan fingerprint density at radius 1 is 1.12 bits per heavy atom. The molecule has 1 aliphatic rings. The van der Waals surface area contributed by atoms with E-state index >= 15 is 0 Å². The van der Waals surface area contributed by atoms with Crippen LogP contribution >= 0.6 is 0 Å². The van der Waals surface area contributed by atoms with Gasteiger partial charge in [-0.1, -0.05) is 30.3 Å². The Balaban J connectivity index is 2.01. The highest BCUT2D eigenvalue weighted by Gasteiger charge is 2.35. The number of nitrogens with zero attached hydrogens (tertiary/aromatic N) is 1. The number of benzene rings is 1. The first-order chi connectivity index (χ1) is 7.62. The summed E-state index contributed by atoms with van der Waals surface area (Å²) in [6, 6.07) is 10.7. The topological polar surface area (TPSA) is 23.5 Å². The van der Waals surface area contributed by atoms with Gasteiger partial charge in [-0.3, -0.25) is 4.90 Å². The third-order valence-corrected chi connectivity index (χ3v) is 3.89. The van der Waals surface area contributed by atoms with Crippen LogP contribution in [0.3, 0.4) is 0 Å². The first-order valence-electron chi connectivity index (χ1n) is 6.06. The van der Waals surface area contributed by atoms with E-state index in [1.807, 2.05) is 19.0 Å². The minimum absolute atomic E-state index is 0.578. The highest BCUT2D eigenvalue weighted by molar-refractivity contribution is 5.20. The summed E-state index contributed by atoms with van der Waals surface area (Å²) in [5, 5.41) is 10.3. The van der Waals surface area contributed by atoms with Crippen molar-refractivity contribution < 1.29 is 5.11 Å². The molecular weight excluding hydrogens is 198 g/mol. The molecule has 1 aromatic carbocycles. The molecule has 88 valence electrons. The van der Waals surface area contributed by atoms with Crippen molar-refractivity contribution in [1.82, 2.24) is 4.90 Å². The van der Waals surface area contributed by atoms with Crippen molar-refractivity contribution in [3.8, 4) is 0 Å². The van der Waals surface area contributed by atoms with E-state index in [9.17, 15) is 5.11 Å². The number of hydrogen-bond donors (Lipinski definition) is 1. The van der Waals surface area contributed by atoms with Gasteiger partial charge in [-0.2, -0.15) is 0 Å². The van der Waals surface area contributed by atoms with Crippen LogP contribution in [-0.4, -0.2) is 29.8 Å². The van der Waals surface area contributed by atoms with Crippen molar-refractivity contribution in [3.63, 3.8) is 0 Å². The monoisotopic (exact) mass is 219 g/mol. The van der Waals surface area contributed by atoms with E-state index in [-0.39, 0.29) is 0 Å². The van der Waals surface area contributed by atoms with Gasteiger partial charge in [0.15, 0.2) is 0 Å². The maximum atomic E-state index is 10.3. The van der Waals surface area contributed by atoms with Crippen molar-refractivity contribution in [2.45, 2.75) is 37.3 Å². The quantitative estimate of drug-likeness (QED) is 0.773. The van der Waals surface area contributed by atoms with Crippen molar-refractivity contribution in [2.75, 3.05) is 14.1 Å². The van der Waals surface area contributed by atoms with E-state index in [0.717, 1.165) is 25.7 Å². The number of rotatable bonds is 2. The van der Waals surface area contributed by atoms with Crippen LogP contribution < -0.4 is 0 Å². The molecule has 0 aromatic heterocycles. The van der Waals surface area contributed by atoms with E-state index in [1.165, 1.54) is 5.56 Å². The summed E-state index contributed by atoms with van der Waals surface area (Å²) < 4.78 is 0. The minimum atomic E-state index is -0.578. The van der Waals surface area contributed by atoms with Gasteiger partial charge >= 0.3 is 0 Å². The molecule has 0 unspecified atom stereocenters. The summed E-state index contributed by atoms with van der Waals surface area (Å²) in [6.07, 6.45) is 3.91.